The van der Waals surface area contributed by atoms with E-state index in [1.54, 1.807) is 23.4 Å². The van der Waals surface area contributed by atoms with Crippen LogP contribution in [0.4, 0.5) is 0 Å². The van der Waals surface area contributed by atoms with E-state index in [-0.39, 0.29) is 17.5 Å². The van der Waals surface area contributed by atoms with E-state index in [1.165, 1.54) is 6.20 Å². The predicted octanol–water partition coefficient (Wildman–Crippen LogP) is 3.09. The van der Waals surface area contributed by atoms with Crippen LogP contribution in [0.1, 0.15) is 45.3 Å². The lowest BCUT2D eigenvalue weighted by Gasteiger charge is -2.33. The number of amides is 1. The fourth-order valence-electron chi connectivity index (χ4n) is 3.31. The van der Waals surface area contributed by atoms with E-state index in [2.05, 4.69) is 5.10 Å². The van der Waals surface area contributed by atoms with Crippen LogP contribution < -0.4 is 0 Å². The molecule has 1 aliphatic rings. The molecule has 25 heavy (non-hydrogen) atoms. The highest BCUT2D eigenvalue weighted by atomic mass is 32.2. The molecule has 1 aliphatic heterocycles. The molecule has 0 bridgehead atoms. The number of thioether (sulfide) groups is 1. The first-order valence-corrected chi connectivity index (χ1v) is 9.45. The summed E-state index contributed by atoms with van der Waals surface area (Å²) in [6.45, 7) is 3.07. The van der Waals surface area contributed by atoms with E-state index in [0.717, 1.165) is 23.3 Å². The SMILES string of the molecule is CSc1ccccc1C(=O)N1CCC(n2ncc(C(=O)O)c2C)CC1. The van der Waals surface area contributed by atoms with Crippen molar-refractivity contribution in [2.75, 3.05) is 19.3 Å². The summed E-state index contributed by atoms with van der Waals surface area (Å²) in [5.74, 6) is -0.892. The largest absolute Gasteiger partial charge is 0.478 e. The smallest absolute Gasteiger partial charge is 0.339 e. The van der Waals surface area contributed by atoms with Crippen LogP contribution in [0.25, 0.3) is 0 Å². The second kappa shape index (κ2) is 7.31. The lowest BCUT2D eigenvalue weighted by atomic mass is 10.0. The number of carbonyl (C=O) groups is 2. The van der Waals surface area contributed by atoms with Gasteiger partial charge in [0.15, 0.2) is 0 Å². The highest BCUT2D eigenvalue weighted by Gasteiger charge is 2.27. The molecule has 6 nitrogen and oxygen atoms in total. The third kappa shape index (κ3) is 3.42. The van der Waals surface area contributed by atoms with E-state index in [1.807, 2.05) is 35.4 Å². The van der Waals surface area contributed by atoms with Crippen LogP contribution in [0.15, 0.2) is 35.4 Å². The molecule has 0 spiro atoms. The molecule has 132 valence electrons. The number of aromatic carboxylic acids is 1. The summed E-state index contributed by atoms with van der Waals surface area (Å²) < 4.78 is 1.79. The summed E-state index contributed by atoms with van der Waals surface area (Å²) in [5, 5.41) is 13.4. The molecule has 2 aromatic rings. The van der Waals surface area contributed by atoms with Gasteiger partial charge in [-0.25, -0.2) is 4.79 Å². The number of likely N-dealkylation sites (tertiary alicyclic amines) is 1. The molecule has 3 rings (SSSR count). The minimum Gasteiger partial charge on any atom is -0.478 e. The Morgan fingerprint density at radius 2 is 1.88 bits per heavy atom. The zero-order valence-corrected chi connectivity index (χ0v) is 15.1. The normalized spacial score (nSPS) is 15.4. The van der Waals surface area contributed by atoms with Gasteiger partial charge in [0.05, 0.1) is 23.5 Å². The lowest BCUT2D eigenvalue weighted by Crippen LogP contribution is -2.39. The van der Waals surface area contributed by atoms with Crippen LogP contribution in [0.5, 0.6) is 0 Å². The van der Waals surface area contributed by atoms with Crippen molar-refractivity contribution in [2.24, 2.45) is 0 Å². The zero-order valence-electron chi connectivity index (χ0n) is 14.3. The van der Waals surface area contributed by atoms with Gasteiger partial charge in [-0.1, -0.05) is 12.1 Å². The molecular weight excluding hydrogens is 338 g/mol. The monoisotopic (exact) mass is 359 g/mol. The molecule has 0 atom stereocenters. The molecule has 1 N–H and O–H groups in total. The van der Waals surface area contributed by atoms with Crippen molar-refractivity contribution in [2.45, 2.75) is 30.7 Å². The van der Waals surface area contributed by atoms with Crippen molar-refractivity contribution < 1.29 is 14.7 Å². The Bertz CT molecular complexity index is 795. The molecule has 1 saturated heterocycles. The molecule has 1 amide bonds. The average molecular weight is 359 g/mol. The van der Waals surface area contributed by atoms with Gasteiger partial charge >= 0.3 is 5.97 Å². The maximum Gasteiger partial charge on any atom is 0.339 e. The first-order chi connectivity index (χ1) is 12.0. The number of hydrogen-bond donors (Lipinski definition) is 1. The number of carboxylic acids is 1. The number of piperidine rings is 1. The average Bonchev–Trinajstić information content (AvgIpc) is 3.03. The minimum absolute atomic E-state index is 0.0619. The van der Waals surface area contributed by atoms with Crippen LogP contribution in [-0.4, -0.2) is 51.0 Å². The van der Waals surface area contributed by atoms with Crippen LogP contribution in [0, 0.1) is 6.92 Å². The summed E-state index contributed by atoms with van der Waals surface area (Å²) >= 11 is 1.58. The van der Waals surface area contributed by atoms with Crippen molar-refractivity contribution in [1.82, 2.24) is 14.7 Å². The van der Waals surface area contributed by atoms with E-state index in [4.69, 9.17) is 5.11 Å². The van der Waals surface area contributed by atoms with Gasteiger partial charge in [0.25, 0.3) is 5.91 Å². The molecule has 7 heteroatoms. The molecule has 1 fully saturated rings. The van der Waals surface area contributed by atoms with Crippen molar-refractivity contribution in [1.29, 1.82) is 0 Å². The van der Waals surface area contributed by atoms with Crippen molar-refractivity contribution in [3.63, 3.8) is 0 Å². The van der Waals surface area contributed by atoms with Gasteiger partial charge in [0, 0.05) is 18.0 Å². The van der Waals surface area contributed by atoms with Crippen LogP contribution in [-0.2, 0) is 0 Å². The van der Waals surface area contributed by atoms with E-state index >= 15 is 0 Å². The maximum absolute atomic E-state index is 12.8. The Morgan fingerprint density at radius 1 is 1.20 bits per heavy atom. The zero-order chi connectivity index (χ0) is 18.0. The molecule has 1 aromatic heterocycles. The first-order valence-electron chi connectivity index (χ1n) is 8.22. The van der Waals surface area contributed by atoms with Gasteiger partial charge in [-0.05, 0) is 38.2 Å². The Hall–Kier alpha value is -2.28. The van der Waals surface area contributed by atoms with E-state index in [9.17, 15) is 9.59 Å². The third-order valence-electron chi connectivity index (χ3n) is 4.71. The number of nitrogens with zero attached hydrogens (tertiary/aromatic N) is 3. The van der Waals surface area contributed by atoms with Gasteiger partial charge in [-0.15, -0.1) is 11.8 Å². The summed E-state index contributed by atoms with van der Waals surface area (Å²) in [4.78, 5) is 26.8. The highest BCUT2D eigenvalue weighted by molar-refractivity contribution is 7.98. The Morgan fingerprint density at radius 3 is 2.48 bits per heavy atom. The van der Waals surface area contributed by atoms with Gasteiger partial charge in [0.1, 0.15) is 5.56 Å². The number of carboxylic acid groups (broad SMARTS) is 1. The number of carbonyl (C=O) groups excluding carboxylic acids is 1. The van der Waals surface area contributed by atoms with Crippen molar-refractivity contribution in [3.05, 3.63) is 47.3 Å². The van der Waals surface area contributed by atoms with E-state index < -0.39 is 5.97 Å². The fourth-order valence-corrected chi connectivity index (χ4v) is 3.90. The molecule has 2 heterocycles. The Labute approximate surface area is 150 Å². The van der Waals surface area contributed by atoms with Gasteiger partial charge in [0.2, 0.25) is 0 Å². The second-order valence-corrected chi connectivity index (χ2v) is 6.97. The number of benzene rings is 1. The molecule has 0 unspecified atom stereocenters. The Balaban J connectivity index is 1.70. The van der Waals surface area contributed by atoms with Gasteiger partial charge in [-0.3, -0.25) is 9.48 Å². The summed E-state index contributed by atoms with van der Waals surface area (Å²) in [6.07, 6.45) is 4.92. The maximum atomic E-state index is 12.8. The van der Waals surface area contributed by atoms with Gasteiger partial charge < -0.3 is 10.0 Å². The van der Waals surface area contributed by atoms with E-state index in [0.29, 0.717) is 18.8 Å². The van der Waals surface area contributed by atoms with Crippen LogP contribution >= 0.6 is 11.8 Å². The van der Waals surface area contributed by atoms with Crippen LogP contribution in [0.3, 0.4) is 0 Å². The molecular formula is C18H21N3O3S. The summed E-state index contributed by atoms with van der Waals surface area (Å²) in [7, 11) is 0. The van der Waals surface area contributed by atoms with Crippen molar-refractivity contribution >= 4 is 23.6 Å². The molecule has 0 saturated carbocycles. The summed E-state index contributed by atoms with van der Waals surface area (Å²) in [5.41, 5.74) is 1.66. The standard InChI is InChI=1S/C18H21N3O3S/c1-12-15(18(23)24)11-19-21(12)13-7-9-20(10-8-13)17(22)14-5-3-4-6-16(14)25-2/h3-6,11,13H,7-10H2,1-2H3,(H,23,24). The minimum atomic E-state index is -0.954. The topological polar surface area (TPSA) is 75.4 Å². The highest BCUT2D eigenvalue weighted by Crippen LogP contribution is 2.27. The van der Waals surface area contributed by atoms with Crippen LogP contribution in [0.2, 0.25) is 0 Å². The quantitative estimate of drug-likeness (QED) is 0.849. The number of rotatable bonds is 4. The Kier molecular flexibility index (Phi) is 5.13. The third-order valence-corrected chi connectivity index (χ3v) is 5.51. The first kappa shape index (κ1) is 17.5. The number of hydrogen-bond acceptors (Lipinski definition) is 4. The van der Waals surface area contributed by atoms with Gasteiger partial charge in [-0.2, -0.15) is 5.10 Å². The fraction of sp³-hybridized carbons (Fsp3) is 0.389. The number of aromatic nitrogens is 2. The molecule has 0 radical (unpaired) electrons. The van der Waals surface area contributed by atoms with Crippen molar-refractivity contribution in [3.8, 4) is 0 Å². The summed E-state index contributed by atoms with van der Waals surface area (Å²) in [6, 6.07) is 7.80. The predicted molar refractivity (Wildman–Crippen MR) is 96.3 cm³/mol. The molecule has 0 aliphatic carbocycles. The molecule has 1 aromatic carbocycles. The lowest BCUT2D eigenvalue weighted by molar-refractivity contribution is 0.0685. The second-order valence-electron chi connectivity index (χ2n) is 6.12.